The minimum atomic E-state index is -0.00383. The molecule has 4 rings (SSSR count). The number of carbonyl (C=O) groups excluding carboxylic acids is 1. The zero-order chi connectivity index (χ0) is 22.2. The molecule has 0 aliphatic rings. The lowest BCUT2D eigenvalue weighted by Gasteiger charge is -2.23. The Hall–Kier alpha value is -3.85. The first-order chi connectivity index (χ1) is 15.7. The van der Waals surface area contributed by atoms with Gasteiger partial charge in [0.05, 0.1) is 6.54 Å². The van der Waals surface area contributed by atoms with Gasteiger partial charge in [0.25, 0.3) is 5.91 Å². The van der Waals surface area contributed by atoms with Crippen molar-refractivity contribution in [3.05, 3.63) is 131 Å². The fraction of sp³-hybridized carbons (Fsp3) is 0.138. The highest BCUT2D eigenvalue weighted by Crippen LogP contribution is 2.21. The van der Waals surface area contributed by atoms with Gasteiger partial charge >= 0.3 is 0 Å². The van der Waals surface area contributed by atoms with Crippen molar-refractivity contribution in [1.82, 2.24) is 0 Å². The molecule has 0 spiro atoms. The Bertz CT molecular complexity index is 1160. The van der Waals surface area contributed by atoms with Gasteiger partial charge in [0.2, 0.25) is 0 Å². The third kappa shape index (κ3) is 5.25. The standard InChI is InChI=1S/C29H28N2O/c1-2-25-15-9-10-19-28(25)30-21-24-14-11-16-26(20-24)29(32)31(27-17-7-4-8-18-27)22-23-12-5-3-6-13-23/h3-20,30H,2,21-22H2,1H3. The average molecular weight is 421 g/mol. The summed E-state index contributed by atoms with van der Waals surface area (Å²) in [6.07, 6.45) is 0.979. The van der Waals surface area contributed by atoms with Gasteiger partial charge in [-0.05, 0) is 53.4 Å². The van der Waals surface area contributed by atoms with Crippen LogP contribution in [0, 0.1) is 0 Å². The number of nitrogens with one attached hydrogen (secondary N) is 1. The van der Waals surface area contributed by atoms with Gasteiger partial charge < -0.3 is 10.2 Å². The van der Waals surface area contributed by atoms with E-state index in [1.165, 1.54) is 5.56 Å². The normalized spacial score (nSPS) is 10.5. The van der Waals surface area contributed by atoms with Gasteiger partial charge in [0.15, 0.2) is 0 Å². The molecule has 0 aliphatic heterocycles. The predicted molar refractivity (Wildman–Crippen MR) is 133 cm³/mol. The summed E-state index contributed by atoms with van der Waals surface area (Å²) in [5.41, 5.74) is 6.18. The van der Waals surface area contributed by atoms with E-state index in [2.05, 4.69) is 48.6 Å². The maximum Gasteiger partial charge on any atom is 0.258 e. The second-order valence-electron chi connectivity index (χ2n) is 7.78. The molecular weight excluding hydrogens is 392 g/mol. The number of rotatable bonds is 8. The quantitative estimate of drug-likeness (QED) is 0.344. The molecule has 0 aromatic heterocycles. The number of amides is 1. The van der Waals surface area contributed by atoms with E-state index in [0.717, 1.165) is 28.9 Å². The van der Waals surface area contributed by atoms with Gasteiger partial charge in [-0.15, -0.1) is 0 Å². The monoisotopic (exact) mass is 420 g/mol. The minimum Gasteiger partial charge on any atom is -0.381 e. The van der Waals surface area contributed by atoms with Gasteiger partial charge in [-0.2, -0.15) is 0 Å². The highest BCUT2D eigenvalue weighted by molar-refractivity contribution is 6.06. The second-order valence-corrected chi connectivity index (χ2v) is 7.78. The molecule has 0 heterocycles. The maximum absolute atomic E-state index is 13.6. The van der Waals surface area contributed by atoms with Crippen molar-refractivity contribution in [2.24, 2.45) is 0 Å². The Morgan fingerprint density at radius 2 is 1.41 bits per heavy atom. The van der Waals surface area contributed by atoms with Crippen LogP contribution < -0.4 is 10.2 Å². The lowest BCUT2D eigenvalue weighted by molar-refractivity contribution is 0.0985. The minimum absolute atomic E-state index is 0.00383. The van der Waals surface area contributed by atoms with E-state index in [1.54, 1.807) is 0 Å². The van der Waals surface area contributed by atoms with Crippen molar-refractivity contribution in [2.75, 3.05) is 10.2 Å². The van der Waals surface area contributed by atoms with E-state index in [1.807, 2.05) is 77.7 Å². The summed E-state index contributed by atoms with van der Waals surface area (Å²) < 4.78 is 0. The molecule has 1 amide bonds. The molecule has 0 saturated carbocycles. The van der Waals surface area contributed by atoms with Crippen LogP contribution in [0.1, 0.15) is 34.0 Å². The zero-order valence-corrected chi connectivity index (χ0v) is 18.4. The number of para-hydroxylation sites is 2. The molecule has 3 nitrogen and oxygen atoms in total. The molecule has 160 valence electrons. The molecule has 0 unspecified atom stereocenters. The summed E-state index contributed by atoms with van der Waals surface area (Å²) in [5, 5.41) is 3.52. The zero-order valence-electron chi connectivity index (χ0n) is 18.4. The van der Waals surface area contributed by atoms with Crippen LogP contribution in [0.2, 0.25) is 0 Å². The number of nitrogens with zero attached hydrogens (tertiary/aromatic N) is 1. The van der Waals surface area contributed by atoms with Crippen molar-refractivity contribution in [3.8, 4) is 0 Å². The van der Waals surface area contributed by atoms with Crippen molar-refractivity contribution in [2.45, 2.75) is 26.4 Å². The van der Waals surface area contributed by atoms with Gasteiger partial charge in [-0.1, -0.05) is 85.8 Å². The smallest absolute Gasteiger partial charge is 0.258 e. The summed E-state index contributed by atoms with van der Waals surface area (Å²) >= 11 is 0. The third-order valence-electron chi connectivity index (χ3n) is 5.55. The fourth-order valence-electron chi connectivity index (χ4n) is 3.82. The lowest BCUT2D eigenvalue weighted by Crippen LogP contribution is -2.30. The van der Waals surface area contributed by atoms with Crippen molar-refractivity contribution >= 4 is 17.3 Å². The van der Waals surface area contributed by atoms with E-state index in [-0.39, 0.29) is 5.91 Å². The number of carbonyl (C=O) groups is 1. The Kier molecular flexibility index (Phi) is 6.98. The molecule has 0 aliphatic carbocycles. The Labute approximate surface area is 190 Å². The largest absolute Gasteiger partial charge is 0.381 e. The van der Waals surface area contributed by atoms with Crippen LogP contribution in [0.15, 0.2) is 109 Å². The number of aryl methyl sites for hydroxylation is 1. The SMILES string of the molecule is CCc1ccccc1NCc1cccc(C(=O)N(Cc2ccccc2)c2ccccc2)c1. The van der Waals surface area contributed by atoms with Gasteiger partial charge in [0, 0.05) is 23.5 Å². The molecule has 1 N–H and O–H groups in total. The highest BCUT2D eigenvalue weighted by Gasteiger charge is 2.18. The lowest BCUT2D eigenvalue weighted by atomic mass is 10.1. The highest BCUT2D eigenvalue weighted by atomic mass is 16.2. The van der Waals surface area contributed by atoms with Crippen LogP contribution in [0.25, 0.3) is 0 Å². The van der Waals surface area contributed by atoms with Crippen LogP contribution in [0.3, 0.4) is 0 Å². The third-order valence-corrected chi connectivity index (χ3v) is 5.55. The van der Waals surface area contributed by atoms with Crippen LogP contribution in [-0.2, 0) is 19.5 Å². The van der Waals surface area contributed by atoms with Crippen LogP contribution >= 0.6 is 0 Å². The number of hydrogen-bond donors (Lipinski definition) is 1. The molecule has 0 fully saturated rings. The maximum atomic E-state index is 13.6. The second kappa shape index (κ2) is 10.5. The summed E-state index contributed by atoms with van der Waals surface area (Å²) in [4.78, 5) is 15.4. The van der Waals surface area contributed by atoms with E-state index in [4.69, 9.17) is 0 Å². The Morgan fingerprint density at radius 1 is 0.750 bits per heavy atom. The Morgan fingerprint density at radius 3 is 2.16 bits per heavy atom. The first-order valence-electron chi connectivity index (χ1n) is 11.1. The van der Waals surface area contributed by atoms with E-state index < -0.39 is 0 Å². The molecule has 0 bridgehead atoms. The van der Waals surface area contributed by atoms with Gasteiger partial charge in [-0.3, -0.25) is 4.79 Å². The van der Waals surface area contributed by atoms with Gasteiger partial charge in [-0.25, -0.2) is 0 Å². The Balaban J connectivity index is 1.56. The van der Waals surface area contributed by atoms with Crippen molar-refractivity contribution in [1.29, 1.82) is 0 Å². The number of benzene rings is 4. The van der Waals surface area contributed by atoms with E-state index in [0.29, 0.717) is 18.7 Å². The first kappa shape index (κ1) is 21.4. The van der Waals surface area contributed by atoms with Crippen molar-refractivity contribution in [3.63, 3.8) is 0 Å². The van der Waals surface area contributed by atoms with Crippen LogP contribution in [0.5, 0.6) is 0 Å². The topological polar surface area (TPSA) is 32.3 Å². The summed E-state index contributed by atoms with van der Waals surface area (Å²) in [6, 6.07) is 36.2. The average Bonchev–Trinajstić information content (AvgIpc) is 2.87. The molecule has 32 heavy (non-hydrogen) atoms. The first-order valence-corrected chi connectivity index (χ1v) is 11.1. The van der Waals surface area contributed by atoms with Crippen LogP contribution in [0.4, 0.5) is 11.4 Å². The number of anilines is 2. The molecule has 0 radical (unpaired) electrons. The summed E-state index contributed by atoms with van der Waals surface area (Å²) in [6.45, 7) is 3.35. The van der Waals surface area contributed by atoms with Crippen molar-refractivity contribution < 1.29 is 4.79 Å². The van der Waals surface area contributed by atoms with E-state index >= 15 is 0 Å². The molecule has 4 aromatic carbocycles. The predicted octanol–water partition coefficient (Wildman–Crippen LogP) is 6.71. The molecule has 0 atom stereocenters. The molecule has 4 aromatic rings. The molecular formula is C29H28N2O. The fourth-order valence-corrected chi connectivity index (χ4v) is 3.82. The number of hydrogen-bond acceptors (Lipinski definition) is 2. The summed E-state index contributed by atoms with van der Waals surface area (Å²) in [5.74, 6) is -0.00383. The van der Waals surface area contributed by atoms with Gasteiger partial charge in [0.1, 0.15) is 0 Å². The molecule has 0 saturated heterocycles. The van der Waals surface area contributed by atoms with Crippen LogP contribution in [-0.4, -0.2) is 5.91 Å². The molecule has 3 heteroatoms. The summed E-state index contributed by atoms with van der Waals surface area (Å²) in [7, 11) is 0. The van der Waals surface area contributed by atoms with E-state index in [9.17, 15) is 4.79 Å².